The Morgan fingerprint density at radius 2 is 1.79 bits per heavy atom. The highest BCUT2D eigenvalue weighted by molar-refractivity contribution is 6.30. The van der Waals surface area contributed by atoms with Crippen molar-refractivity contribution in [2.75, 3.05) is 0 Å². The quantitative estimate of drug-likeness (QED) is 0.631. The molecule has 0 unspecified atom stereocenters. The standard InChI is InChI=1S/C19H20ClF2N5O/c1-19(2,28-16-13(21)7-11(20)8-14(16)22)18-24-23-17(27(18)4)12-9-26(3)25-15(12)10-5-6-10/h7-10H,5-6H2,1-4H3. The maximum Gasteiger partial charge on any atom is 0.192 e. The molecule has 3 aromatic rings. The van der Waals surface area contributed by atoms with Crippen molar-refractivity contribution < 1.29 is 13.5 Å². The molecule has 1 fully saturated rings. The van der Waals surface area contributed by atoms with Gasteiger partial charge in [0.1, 0.15) is 0 Å². The average molecular weight is 408 g/mol. The first kappa shape index (κ1) is 18.9. The van der Waals surface area contributed by atoms with E-state index in [9.17, 15) is 8.78 Å². The van der Waals surface area contributed by atoms with Gasteiger partial charge in [0.25, 0.3) is 0 Å². The number of halogens is 3. The van der Waals surface area contributed by atoms with Crippen LogP contribution >= 0.6 is 11.6 Å². The van der Waals surface area contributed by atoms with Gasteiger partial charge in [-0.2, -0.15) is 5.10 Å². The molecule has 28 heavy (non-hydrogen) atoms. The second kappa shape index (κ2) is 6.55. The summed E-state index contributed by atoms with van der Waals surface area (Å²) in [6, 6.07) is 2.02. The van der Waals surface area contributed by atoms with Crippen LogP contribution in [0.3, 0.4) is 0 Å². The first-order valence-corrected chi connectivity index (χ1v) is 9.32. The van der Waals surface area contributed by atoms with Gasteiger partial charge in [-0.1, -0.05) is 11.6 Å². The molecule has 9 heteroatoms. The van der Waals surface area contributed by atoms with E-state index in [4.69, 9.17) is 16.3 Å². The molecule has 0 bridgehead atoms. The third-order valence-electron chi connectivity index (χ3n) is 4.80. The predicted molar refractivity (Wildman–Crippen MR) is 100 cm³/mol. The summed E-state index contributed by atoms with van der Waals surface area (Å²) in [4.78, 5) is 0. The molecule has 148 valence electrons. The molecule has 0 amide bonds. The van der Waals surface area contributed by atoms with Crippen molar-refractivity contribution in [2.24, 2.45) is 14.1 Å². The highest BCUT2D eigenvalue weighted by Gasteiger charge is 2.35. The number of ether oxygens (including phenoxy) is 1. The van der Waals surface area contributed by atoms with Gasteiger partial charge in [-0.05, 0) is 38.8 Å². The Morgan fingerprint density at radius 1 is 1.14 bits per heavy atom. The van der Waals surface area contributed by atoms with Crippen LogP contribution in [0, 0.1) is 11.6 Å². The van der Waals surface area contributed by atoms with Crippen molar-refractivity contribution >= 4 is 11.6 Å². The Bertz CT molecular complexity index is 1030. The molecule has 1 aromatic carbocycles. The molecule has 1 aliphatic rings. The van der Waals surface area contributed by atoms with Crippen molar-refractivity contribution in [3.8, 4) is 17.1 Å². The lowest BCUT2D eigenvalue weighted by molar-refractivity contribution is 0.0836. The van der Waals surface area contributed by atoms with E-state index in [0.717, 1.165) is 36.2 Å². The van der Waals surface area contributed by atoms with E-state index >= 15 is 0 Å². The Balaban J connectivity index is 1.71. The molecule has 0 N–H and O–H groups in total. The number of aromatic nitrogens is 5. The third-order valence-corrected chi connectivity index (χ3v) is 5.01. The van der Waals surface area contributed by atoms with Gasteiger partial charge in [0.2, 0.25) is 0 Å². The van der Waals surface area contributed by atoms with Crippen LogP contribution in [0.25, 0.3) is 11.4 Å². The summed E-state index contributed by atoms with van der Waals surface area (Å²) in [7, 11) is 3.67. The molecule has 2 aromatic heterocycles. The van der Waals surface area contributed by atoms with Gasteiger partial charge in [0.05, 0.1) is 11.3 Å². The fraction of sp³-hybridized carbons (Fsp3) is 0.421. The van der Waals surface area contributed by atoms with E-state index < -0.39 is 23.0 Å². The van der Waals surface area contributed by atoms with E-state index in [0.29, 0.717) is 17.6 Å². The fourth-order valence-electron chi connectivity index (χ4n) is 3.35. The number of hydrogen-bond acceptors (Lipinski definition) is 4. The normalized spacial score (nSPS) is 14.5. The SMILES string of the molecule is Cn1cc(-c2nnc(C(C)(C)Oc3c(F)cc(Cl)cc3F)n2C)c(C2CC2)n1. The summed E-state index contributed by atoms with van der Waals surface area (Å²) >= 11 is 5.68. The Morgan fingerprint density at radius 3 is 2.39 bits per heavy atom. The first-order valence-electron chi connectivity index (χ1n) is 8.94. The highest BCUT2D eigenvalue weighted by atomic mass is 35.5. The van der Waals surface area contributed by atoms with Crippen molar-refractivity contribution in [1.82, 2.24) is 24.5 Å². The van der Waals surface area contributed by atoms with Crippen molar-refractivity contribution in [1.29, 1.82) is 0 Å². The minimum Gasteiger partial charge on any atom is -0.474 e. The predicted octanol–water partition coefficient (Wildman–Crippen LogP) is 4.34. The summed E-state index contributed by atoms with van der Waals surface area (Å²) in [5, 5.41) is 13.1. The maximum atomic E-state index is 14.2. The van der Waals surface area contributed by atoms with Crippen LogP contribution in [0.5, 0.6) is 5.75 Å². The largest absolute Gasteiger partial charge is 0.474 e. The fourth-order valence-corrected chi connectivity index (χ4v) is 3.54. The monoisotopic (exact) mass is 407 g/mol. The van der Waals surface area contributed by atoms with E-state index in [1.54, 1.807) is 30.1 Å². The van der Waals surface area contributed by atoms with Crippen molar-refractivity contribution in [3.63, 3.8) is 0 Å². The molecule has 1 aliphatic carbocycles. The molecule has 0 saturated heterocycles. The Kier molecular flexibility index (Phi) is 4.41. The van der Waals surface area contributed by atoms with Crippen LogP contribution in [0.1, 0.15) is 44.1 Å². The lowest BCUT2D eigenvalue weighted by atomic mass is 10.1. The first-order chi connectivity index (χ1) is 13.2. The number of rotatable bonds is 5. The van der Waals surface area contributed by atoms with Gasteiger partial charge in [0, 0.05) is 31.2 Å². The van der Waals surface area contributed by atoms with E-state index in [2.05, 4.69) is 15.3 Å². The molecule has 0 aliphatic heterocycles. The summed E-state index contributed by atoms with van der Waals surface area (Å²) in [6.07, 6.45) is 4.13. The topological polar surface area (TPSA) is 57.8 Å². The lowest BCUT2D eigenvalue weighted by Crippen LogP contribution is -2.30. The highest BCUT2D eigenvalue weighted by Crippen LogP contribution is 2.43. The zero-order valence-electron chi connectivity index (χ0n) is 16.0. The molecular weight excluding hydrogens is 388 g/mol. The maximum absolute atomic E-state index is 14.2. The van der Waals surface area contributed by atoms with Crippen LogP contribution in [0.4, 0.5) is 8.78 Å². The van der Waals surface area contributed by atoms with Gasteiger partial charge in [-0.15, -0.1) is 10.2 Å². The molecular formula is C19H20ClF2N5O. The number of nitrogens with zero attached hydrogens (tertiary/aromatic N) is 5. The van der Waals surface area contributed by atoms with Crippen molar-refractivity contribution in [2.45, 2.75) is 38.2 Å². The second-order valence-corrected chi connectivity index (χ2v) is 8.03. The molecule has 2 heterocycles. The van der Waals surface area contributed by atoms with Crippen molar-refractivity contribution in [3.05, 3.63) is 46.5 Å². The third kappa shape index (κ3) is 3.26. The molecule has 1 saturated carbocycles. The molecule has 6 nitrogen and oxygen atoms in total. The second-order valence-electron chi connectivity index (χ2n) is 7.59. The van der Waals surface area contributed by atoms with Gasteiger partial charge < -0.3 is 9.30 Å². The summed E-state index contributed by atoms with van der Waals surface area (Å²) in [5.74, 6) is -0.732. The molecule has 0 spiro atoms. The van der Waals surface area contributed by atoms with Crippen LogP contribution in [0.15, 0.2) is 18.3 Å². The zero-order chi connectivity index (χ0) is 20.2. The van der Waals surface area contributed by atoms with E-state index in [1.165, 1.54) is 0 Å². The Labute approximate surface area is 166 Å². The minimum absolute atomic E-state index is 0.0368. The molecule has 0 radical (unpaired) electrons. The average Bonchev–Trinajstić information content (AvgIpc) is 3.26. The molecule has 4 rings (SSSR count). The van der Waals surface area contributed by atoms with Crippen LogP contribution in [-0.4, -0.2) is 24.5 Å². The van der Waals surface area contributed by atoms with Gasteiger partial charge in [0.15, 0.2) is 34.6 Å². The van der Waals surface area contributed by atoms with Gasteiger partial charge >= 0.3 is 0 Å². The summed E-state index contributed by atoms with van der Waals surface area (Å²) in [6.45, 7) is 3.36. The number of aryl methyl sites for hydroxylation is 1. The number of benzene rings is 1. The minimum atomic E-state index is -1.14. The number of hydrogen-bond donors (Lipinski definition) is 0. The van der Waals surface area contributed by atoms with Crippen LogP contribution in [-0.2, 0) is 19.7 Å². The van der Waals surface area contributed by atoms with Crippen LogP contribution < -0.4 is 4.74 Å². The molecule has 0 atom stereocenters. The van der Waals surface area contributed by atoms with Crippen LogP contribution in [0.2, 0.25) is 5.02 Å². The van der Waals surface area contributed by atoms with E-state index in [1.807, 2.05) is 13.2 Å². The Hall–Kier alpha value is -2.48. The zero-order valence-corrected chi connectivity index (χ0v) is 16.8. The smallest absolute Gasteiger partial charge is 0.192 e. The summed E-state index contributed by atoms with van der Waals surface area (Å²) in [5.41, 5.74) is 0.765. The summed E-state index contributed by atoms with van der Waals surface area (Å²) < 4.78 is 37.6. The van der Waals surface area contributed by atoms with E-state index in [-0.39, 0.29) is 5.02 Å². The van der Waals surface area contributed by atoms with Gasteiger partial charge in [-0.3, -0.25) is 4.68 Å². The lowest BCUT2D eigenvalue weighted by Gasteiger charge is -2.26. The van der Waals surface area contributed by atoms with Gasteiger partial charge in [-0.25, -0.2) is 8.78 Å².